The maximum absolute atomic E-state index is 14.6. The minimum Gasteiger partial charge on any atom is -0.467 e. The lowest BCUT2D eigenvalue weighted by Crippen LogP contribution is -2.57. The highest BCUT2D eigenvalue weighted by molar-refractivity contribution is 6.04. The molecule has 0 aliphatic rings. The van der Waals surface area contributed by atoms with Crippen molar-refractivity contribution < 1.29 is 28.2 Å². The zero-order chi connectivity index (χ0) is 32.3. The van der Waals surface area contributed by atoms with Crippen LogP contribution in [-0.4, -0.2) is 49.7 Å². The van der Waals surface area contributed by atoms with Crippen LogP contribution in [0.5, 0.6) is 0 Å². The molecule has 7 nitrogen and oxygen atoms in total. The van der Waals surface area contributed by atoms with E-state index in [0.29, 0.717) is 24.2 Å². The molecular weight excluding hydrogens is 571 g/mol. The van der Waals surface area contributed by atoms with Gasteiger partial charge in [-0.05, 0) is 86.7 Å². The van der Waals surface area contributed by atoms with E-state index in [9.17, 15) is 18.8 Å². The zero-order valence-electron chi connectivity index (χ0n) is 26.1. The average Bonchev–Trinajstić information content (AvgIpc) is 3.07. The van der Waals surface area contributed by atoms with Crippen LogP contribution in [0.4, 0.5) is 15.8 Å². The second kappa shape index (κ2) is 15.7. The standard InChI is InChI=1S/C37H39FN2O5/c1-5-45-37(43)34(25-16-28-12-8-6-9-13-28)39(32-23-19-31(38)20-24-32)26(2)35(41)40(27(3)36(42)44-4)33-21-17-30(18-22-33)29-14-10-7-11-15-29/h6-15,17-24,26-27,34H,5,16,25H2,1-4H3/t26-,27-,34-/m0/s1. The summed E-state index contributed by atoms with van der Waals surface area (Å²) in [5.41, 5.74) is 3.93. The van der Waals surface area contributed by atoms with Crippen LogP contribution in [0.15, 0.2) is 109 Å². The quantitative estimate of drug-likeness (QED) is 0.154. The van der Waals surface area contributed by atoms with Gasteiger partial charge in [0.2, 0.25) is 5.91 Å². The summed E-state index contributed by atoms with van der Waals surface area (Å²) >= 11 is 0. The highest BCUT2D eigenvalue weighted by Gasteiger charge is 2.39. The molecule has 0 unspecified atom stereocenters. The summed E-state index contributed by atoms with van der Waals surface area (Å²) in [6.07, 6.45) is 0.863. The van der Waals surface area contributed by atoms with Crippen LogP contribution in [0.2, 0.25) is 0 Å². The van der Waals surface area contributed by atoms with Gasteiger partial charge in [0.05, 0.1) is 13.7 Å². The summed E-state index contributed by atoms with van der Waals surface area (Å²) in [7, 11) is 1.27. The Hall–Kier alpha value is -4.98. The summed E-state index contributed by atoms with van der Waals surface area (Å²) in [6, 6.07) is 29.7. The SMILES string of the molecule is CCOC(=O)[C@H](CCc1ccccc1)N(c1ccc(F)cc1)[C@@H](C)C(=O)N(c1ccc(-c2ccccc2)cc1)[C@@H](C)C(=O)OC. The second-order valence-corrected chi connectivity index (χ2v) is 10.7. The van der Waals surface area contributed by atoms with Gasteiger partial charge < -0.3 is 14.4 Å². The fourth-order valence-corrected chi connectivity index (χ4v) is 5.43. The molecule has 8 heteroatoms. The number of amides is 1. The first kappa shape index (κ1) is 32.9. The molecule has 45 heavy (non-hydrogen) atoms. The summed E-state index contributed by atoms with van der Waals surface area (Å²) in [4.78, 5) is 44.0. The molecule has 1 amide bonds. The molecule has 0 radical (unpaired) electrons. The number of esters is 2. The van der Waals surface area contributed by atoms with Crippen molar-refractivity contribution in [3.63, 3.8) is 0 Å². The van der Waals surface area contributed by atoms with E-state index in [1.807, 2.05) is 72.8 Å². The highest BCUT2D eigenvalue weighted by atomic mass is 19.1. The number of methoxy groups -OCH3 is 1. The number of ether oxygens (including phenoxy) is 2. The number of carbonyl (C=O) groups excluding carboxylic acids is 3. The van der Waals surface area contributed by atoms with Crippen molar-refractivity contribution in [2.75, 3.05) is 23.5 Å². The lowest BCUT2D eigenvalue weighted by Gasteiger charge is -2.39. The Morgan fingerprint density at radius 1 is 0.711 bits per heavy atom. The molecule has 4 aromatic carbocycles. The van der Waals surface area contributed by atoms with Gasteiger partial charge in [-0.1, -0.05) is 72.8 Å². The molecule has 4 aromatic rings. The molecule has 4 rings (SSSR count). The first-order chi connectivity index (χ1) is 21.7. The van der Waals surface area contributed by atoms with Crippen molar-refractivity contribution in [3.05, 3.63) is 121 Å². The third-order valence-corrected chi connectivity index (χ3v) is 7.76. The second-order valence-electron chi connectivity index (χ2n) is 10.7. The van der Waals surface area contributed by atoms with Crippen LogP contribution in [0.1, 0.15) is 32.8 Å². The van der Waals surface area contributed by atoms with Gasteiger partial charge >= 0.3 is 11.9 Å². The maximum atomic E-state index is 14.6. The van der Waals surface area contributed by atoms with Crippen molar-refractivity contribution in [1.82, 2.24) is 0 Å². The number of carbonyl (C=O) groups is 3. The van der Waals surface area contributed by atoms with E-state index in [4.69, 9.17) is 9.47 Å². The first-order valence-corrected chi connectivity index (χ1v) is 15.1. The Balaban J connectivity index is 1.76. The van der Waals surface area contributed by atoms with Crippen LogP contribution >= 0.6 is 0 Å². The Kier molecular flexibility index (Phi) is 11.5. The Labute approximate surface area is 264 Å². The smallest absolute Gasteiger partial charge is 0.328 e. The van der Waals surface area contributed by atoms with Crippen molar-refractivity contribution in [1.29, 1.82) is 0 Å². The molecule has 0 saturated heterocycles. The normalized spacial score (nSPS) is 12.8. The van der Waals surface area contributed by atoms with Gasteiger partial charge in [-0.2, -0.15) is 0 Å². The number of anilines is 2. The molecule has 3 atom stereocenters. The third kappa shape index (κ3) is 8.15. The molecule has 0 heterocycles. The molecular formula is C37H39FN2O5. The van der Waals surface area contributed by atoms with E-state index in [1.165, 1.54) is 36.3 Å². The van der Waals surface area contributed by atoms with Gasteiger partial charge in [-0.25, -0.2) is 14.0 Å². The van der Waals surface area contributed by atoms with E-state index in [1.54, 1.807) is 37.8 Å². The predicted octanol–water partition coefficient (Wildman–Crippen LogP) is 6.85. The number of rotatable bonds is 13. The number of nitrogens with zero attached hydrogens (tertiary/aromatic N) is 2. The summed E-state index contributed by atoms with van der Waals surface area (Å²) < 4.78 is 24.6. The van der Waals surface area contributed by atoms with Gasteiger partial charge in [0.15, 0.2) is 0 Å². The Bertz CT molecular complexity index is 1550. The van der Waals surface area contributed by atoms with Crippen LogP contribution < -0.4 is 9.80 Å². The molecule has 0 bridgehead atoms. The molecule has 0 aromatic heterocycles. The van der Waals surface area contributed by atoms with Crippen LogP contribution in [-0.2, 0) is 30.3 Å². The van der Waals surface area contributed by atoms with Crippen molar-refractivity contribution in [3.8, 4) is 11.1 Å². The van der Waals surface area contributed by atoms with E-state index in [0.717, 1.165) is 16.7 Å². The van der Waals surface area contributed by atoms with Gasteiger partial charge in [0, 0.05) is 11.4 Å². The molecule has 0 spiro atoms. The fraction of sp³-hybridized carbons (Fsp3) is 0.270. The van der Waals surface area contributed by atoms with E-state index in [2.05, 4.69) is 0 Å². The fourth-order valence-electron chi connectivity index (χ4n) is 5.43. The van der Waals surface area contributed by atoms with Crippen molar-refractivity contribution in [2.45, 2.75) is 51.7 Å². The van der Waals surface area contributed by atoms with Gasteiger partial charge in [0.1, 0.15) is 23.9 Å². The number of aryl methyl sites for hydroxylation is 1. The number of halogens is 1. The summed E-state index contributed by atoms with van der Waals surface area (Å²) in [6.45, 7) is 5.15. The summed E-state index contributed by atoms with van der Waals surface area (Å²) in [5.74, 6) is -1.99. The van der Waals surface area contributed by atoms with Crippen LogP contribution in [0.3, 0.4) is 0 Å². The minimum absolute atomic E-state index is 0.152. The average molecular weight is 611 g/mol. The lowest BCUT2D eigenvalue weighted by molar-refractivity contribution is -0.145. The molecule has 0 N–H and O–H groups in total. The van der Waals surface area contributed by atoms with Crippen LogP contribution in [0, 0.1) is 5.82 Å². The minimum atomic E-state index is -0.979. The molecule has 234 valence electrons. The van der Waals surface area contributed by atoms with E-state index < -0.39 is 41.8 Å². The Morgan fingerprint density at radius 3 is 1.84 bits per heavy atom. The molecule has 0 aliphatic carbocycles. The summed E-state index contributed by atoms with van der Waals surface area (Å²) in [5, 5.41) is 0. The predicted molar refractivity (Wildman–Crippen MR) is 174 cm³/mol. The van der Waals surface area contributed by atoms with Crippen molar-refractivity contribution in [2.24, 2.45) is 0 Å². The molecule has 0 fully saturated rings. The first-order valence-electron chi connectivity index (χ1n) is 15.1. The number of hydrogen-bond acceptors (Lipinski definition) is 6. The molecule has 0 aliphatic heterocycles. The Morgan fingerprint density at radius 2 is 1.27 bits per heavy atom. The van der Waals surface area contributed by atoms with E-state index >= 15 is 0 Å². The zero-order valence-corrected chi connectivity index (χ0v) is 26.1. The third-order valence-electron chi connectivity index (χ3n) is 7.76. The van der Waals surface area contributed by atoms with Gasteiger partial charge in [0.25, 0.3) is 0 Å². The monoisotopic (exact) mass is 610 g/mol. The van der Waals surface area contributed by atoms with Gasteiger partial charge in [-0.3, -0.25) is 9.69 Å². The van der Waals surface area contributed by atoms with E-state index in [-0.39, 0.29) is 6.61 Å². The highest BCUT2D eigenvalue weighted by Crippen LogP contribution is 2.29. The molecule has 0 saturated carbocycles. The maximum Gasteiger partial charge on any atom is 0.328 e. The topological polar surface area (TPSA) is 76.2 Å². The van der Waals surface area contributed by atoms with Crippen molar-refractivity contribution >= 4 is 29.2 Å². The van der Waals surface area contributed by atoms with Gasteiger partial charge in [-0.15, -0.1) is 0 Å². The number of benzene rings is 4. The lowest BCUT2D eigenvalue weighted by atomic mass is 10.0. The van der Waals surface area contributed by atoms with Crippen LogP contribution in [0.25, 0.3) is 11.1 Å². The largest absolute Gasteiger partial charge is 0.467 e. The number of hydrogen-bond donors (Lipinski definition) is 0.